The maximum Gasteiger partial charge on any atom is 0.387 e. The van der Waals surface area contributed by atoms with E-state index in [4.69, 9.17) is 15.2 Å². The van der Waals surface area contributed by atoms with Gasteiger partial charge in [-0.15, -0.1) is 12.4 Å². The fourth-order valence-electron chi connectivity index (χ4n) is 2.97. The smallest absolute Gasteiger partial charge is 0.387 e. The van der Waals surface area contributed by atoms with Gasteiger partial charge in [-0.1, -0.05) is 0 Å². The lowest BCUT2D eigenvalue weighted by Crippen LogP contribution is -2.34. The highest BCUT2D eigenvalue weighted by Crippen LogP contribution is 2.40. The SMILES string of the molecule is COc1cc(C(=O)N2CC(CN)CC2C)cc(OC)c1OC(F)F.Cl. The zero-order valence-electron chi connectivity index (χ0n) is 14.3. The van der Waals surface area contributed by atoms with E-state index in [-0.39, 0.29) is 53.1 Å². The van der Waals surface area contributed by atoms with Gasteiger partial charge in [0, 0.05) is 18.2 Å². The number of alkyl halides is 2. The van der Waals surface area contributed by atoms with Crippen LogP contribution in [0.4, 0.5) is 8.78 Å². The molecule has 2 atom stereocenters. The zero-order chi connectivity index (χ0) is 17.9. The van der Waals surface area contributed by atoms with Gasteiger partial charge in [0.1, 0.15) is 0 Å². The number of benzene rings is 1. The second-order valence-electron chi connectivity index (χ2n) is 5.73. The van der Waals surface area contributed by atoms with E-state index in [1.165, 1.54) is 26.4 Å². The molecule has 1 heterocycles. The number of amides is 1. The Balaban J connectivity index is 0.00000312. The summed E-state index contributed by atoms with van der Waals surface area (Å²) in [5.74, 6) is -0.172. The molecule has 1 amide bonds. The van der Waals surface area contributed by atoms with E-state index in [0.717, 1.165) is 6.42 Å². The summed E-state index contributed by atoms with van der Waals surface area (Å²) in [6.45, 7) is 0.00697. The minimum atomic E-state index is -3.03. The third-order valence-corrected chi connectivity index (χ3v) is 4.17. The van der Waals surface area contributed by atoms with E-state index in [2.05, 4.69) is 4.74 Å². The Labute approximate surface area is 151 Å². The molecule has 0 spiro atoms. The molecule has 1 aliphatic heterocycles. The Bertz CT molecular complexity index is 578. The molecule has 142 valence electrons. The largest absolute Gasteiger partial charge is 0.493 e. The summed E-state index contributed by atoms with van der Waals surface area (Å²) in [6, 6.07) is 2.82. The summed E-state index contributed by atoms with van der Waals surface area (Å²) in [4.78, 5) is 14.5. The average Bonchev–Trinajstić information content (AvgIpc) is 2.94. The van der Waals surface area contributed by atoms with Crippen molar-refractivity contribution in [2.75, 3.05) is 27.3 Å². The predicted molar refractivity (Wildman–Crippen MR) is 91.1 cm³/mol. The molecular weight excluding hydrogens is 358 g/mol. The van der Waals surface area contributed by atoms with Gasteiger partial charge in [-0.25, -0.2) is 0 Å². The fourth-order valence-corrected chi connectivity index (χ4v) is 2.97. The second-order valence-corrected chi connectivity index (χ2v) is 5.73. The van der Waals surface area contributed by atoms with E-state index in [0.29, 0.717) is 13.1 Å². The highest BCUT2D eigenvalue weighted by Gasteiger charge is 2.33. The van der Waals surface area contributed by atoms with Crippen LogP contribution in [0.25, 0.3) is 0 Å². The number of hydrogen-bond acceptors (Lipinski definition) is 5. The minimum Gasteiger partial charge on any atom is -0.493 e. The number of hydrogen-bond donors (Lipinski definition) is 1. The van der Waals surface area contributed by atoms with Crippen molar-refractivity contribution < 1.29 is 27.8 Å². The van der Waals surface area contributed by atoms with Crippen molar-refractivity contribution in [3.05, 3.63) is 17.7 Å². The van der Waals surface area contributed by atoms with Crippen LogP contribution in [0.1, 0.15) is 23.7 Å². The molecule has 1 aliphatic rings. The Morgan fingerprint density at radius 2 is 1.88 bits per heavy atom. The predicted octanol–water partition coefficient (Wildman–Crippen LogP) is 2.54. The fraction of sp³-hybridized carbons (Fsp3) is 0.562. The molecule has 0 saturated carbocycles. The van der Waals surface area contributed by atoms with Gasteiger partial charge in [0.2, 0.25) is 5.75 Å². The van der Waals surface area contributed by atoms with Crippen molar-refractivity contribution in [3.8, 4) is 17.2 Å². The summed E-state index contributed by atoms with van der Waals surface area (Å²) >= 11 is 0. The number of carbonyl (C=O) groups is 1. The van der Waals surface area contributed by atoms with Crippen LogP contribution in [-0.4, -0.2) is 50.8 Å². The maximum atomic E-state index is 12.8. The van der Waals surface area contributed by atoms with Crippen LogP contribution in [0.3, 0.4) is 0 Å². The van der Waals surface area contributed by atoms with Gasteiger partial charge >= 0.3 is 6.61 Å². The molecule has 1 aromatic carbocycles. The molecule has 0 aromatic heterocycles. The van der Waals surface area contributed by atoms with Crippen molar-refractivity contribution >= 4 is 18.3 Å². The van der Waals surface area contributed by atoms with Crippen molar-refractivity contribution in [1.29, 1.82) is 0 Å². The van der Waals surface area contributed by atoms with Crippen molar-refractivity contribution in [2.45, 2.75) is 26.0 Å². The van der Waals surface area contributed by atoms with E-state index in [1.54, 1.807) is 4.90 Å². The lowest BCUT2D eigenvalue weighted by atomic mass is 10.1. The number of nitrogens with zero attached hydrogens (tertiary/aromatic N) is 1. The van der Waals surface area contributed by atoms with Crippen molar-refractivity contribution in [3.63, 3.8) is 0 Å². The molecule has 6 nitrogen and oxygen atoms in total. The first-order valence-electron chi connectivity index (χ1n) is 7.63. The average molecular weight is 381 g/mol. The van der Waals surface area contributed by atoms with Crippen molar-refractivity contribution in [1.82, 2.24) is 4.90 Å². The number of methoxy groups -OCH3 is 2. The van der Waals surface area contributed by atoms with Gasteiger partial charge in [0.25, 0.3) is 5.91 Å². The second kappa shape index (κ2) is 9.05. The molecule has 1 fully saturated rings. The third-order valence-electron chi connectivity index (χ3n) is 4.17. The Morgan fingerprint density at radius 1 is 1.32 bits per heavy atom. The van der Waals surface area contributed by atoms with Crippen LogP contribution in [0.15, 0.2) is 12.1 Å². The lowest BCUT2D eigenvalue weighted by Gasteiger charge is -2.23. The van der Waals surface area contributed by atoms with Gasteiger partial charge in [0.05, 0.1) is 14.2 Å². The molecule has 1 saturated heterocycles. The molecule has 25 heavy (non-hydrogen) atoms. The van der Waals surface area contributed by atoms with E-state index < -0.39 is 6.61 Å². The van der Waals surface area contributed by atoms with Crippen LogP contribution in [0, 0.1) is 5.92 Å². The zero-order valence-corrected chi connectivity index (χ0v) is 15.1. The van der Waals surface area contributed by atoms with Gasteiger partial charge in [-0.3, -0.25) is 4.79 Å². The van der Waals surface area contributed by atoms with Crippen LogP contribution in [0.2, 0.25) is 0 Å². The third kappa shape index (κ3) is 4.64. The number of carbonyl (C=O) groups excluding carboxylic acids is 1. The molecule has 9 heteroatoms. The number of nitrogens with two attached hydrogens (primary N) is 1. The molecule has 0 bridgehead atoms. The Kier molecular flexibility index (Phi) is 7.69. The van der Waals surface area contributed by atoms with Crippen LogP contribution in [-0.2, 0) is 0 Å². The standard InChI is InChI=1S/C16H22F2N2O4.ClH/c1-9-4-10(7-19)8-20(9)15(21)11-5-12(22-2)14(24-16(17)18)13(6-11)23-3;/h5-6,9-10,16H,4,7-8,19H2,1-3H3;1H. The molecule has 0 radical (unpaired) electrons. The first kappa shape index (κ1) is 21.2. The maximum absolute atomic E-state index is 12.8. The van der Waals surface area contributed by atoms with Crippen LogP contribution in [0.5, 0.6) is 17.2 Å². The van der Waals surface area contributed by atoms with Gasteiger partial charge in [-0.2, -0.15) is 8.78 Å². The molecular formula is C16H23ClF2N2O4. The normalized spacial score (nSPS) is 19.6. The summed E-state index contributed by atoms with van der Waals surface area (Å²) < 4.78 is 39.8. The summed E-state index contributed by atoms with van der Waals surface area (Å²) in [5.41, 5.74) is 5.98. The molecule has 2 rings (SSSR count). The van der Waals surface area contributed by atoms with E-state index in [9.17, 15) is 13.6 Å². The Morgan fingerprint density at radius 3 is 2.28 bits per heavy atom. The number of rotatable bonds is 6. The monoisotopic (exact) mass is 380 g/mol. The summed E-state index contributed by atoms with van der Waals surface area (Å²) in [7, 11) is 2.62. The first-order valence-corrected chi connectivity index (χ1v) is 7.63. The number of ether oxygens (including phenoxy) is 3. The lowest BCUT2D eigenvalue weighted by molar-refractivity contribution is -0.0526. The van der Waals surface area contributed by atoms with Crippen molar-refractivity contribution in [2.24, 2.45) is 11.7 Å². The highest BCUT2D eigenvalue weighted by atomic mass is 35.5. The van der Waals surface area contributed by atoms with Crippen LogP contribution >= 0.6 is 12.4 Å². The highest BCUT2D eigenvalue weighted by molar-refractivity contribution is 5.96. The van der Waals surface area contributed by atoms with Gasteiger partial charge < -0.3 is 24.8 Å². The summed E-state index contributed by atoms with van der Waals surface area (Å²) in [6.07, 6.45) is 0.836. The van der Waals surface area contributed by atoms with E-state index in [1.807, 2.05) is 6.92 Å². The number of likely N-dealkylation sites (tertiary alicyclic amines) is 1. The van der Waals surface area contributed by atoms with E-state index >= 15 is 0 Å². The van der Waals surface area contributed by atoms with Gasteiger partial charge in [0.15, 0.2) is 11.5 Å². The quantitative estimate of drug-likeness (QED) is 0.821. The summed E-state index contributed by atoms with van der Waals surface area (Å²) in [5, 5.41) is 0. The topological polar surface area (TPSA) is 74.0 Å². The van der Waals surface area contributed by atoms with Crippen LogP contribution < -0.4 is 19.9 Å². The number of halogens is 3. The molecule has 1 aromatic rings. The molecule has 2 N–H and O–H groups in total. The first-order chi connectivity index (χ1) is 11.4. The minimum absolute atomic E-state index is 0. The Hall–Kier alpha value is -1.80. The molecule has 0 aliphatic carbocycles. The van der Waals surface area contributed by atoms with Gasteiger partial charge in [-0.05, 0) is 37.9 Å². The molecule has 2 unspecified atom stereocenters.